The van der Waals surface area contributed by atoms with Gasteiger partial charge in [0.05, 0.1) is 0 Å². The molecular formula is C15H20O3. The zero-order valence-electron chi connectivity index (χ0n) is 11.1. The van der Waals surface area contributed by atoms with Crippen LogP contribution in [0, 0.1) is 11.8 Å². The fourth-order valence-corrected chi connectivity index (χ4v) is 3.56. The van der Waals surface area contributed by atoms with Crippen LogP contribution in [0.2, 0.25) is 0 Å². The predicted octanol–water partition coefficient (Wildman–Crippen LogP) is 2.79. The van der Waals surface area contributed by atoms with Crippen LogP contribution in [0.5, 0.6) is 0 Å². The number of hydrogen-bond donors (Lipinski definition) is 0. The van der Waals surface area contributed by atoms with E-state index in [1.54, 1.807) is 0 Å². The summed E-state index contributed by atoms with van der Waals surface area (Å²) >= 11 is 0. The maximum atomic E-state index is 12.1. The van der Waals surface area contributed by atoms with Crippen molar-refractivity contribution in [3.8, 4) is 0 Å². The van der Waals surface area contributed by atoms with Crippen LogP contribution in [-0.4, -0.2) is 17.2 Å². The molecule has 2 atom stereocenters. The molecule has 0 spiro atoms. The minimum atomic E-state index is -0.261. The van der Waals surface area contributed by atoms with Crippen molar-refractivity contribution in [3.63, 3.8) is 0 Å². The highest BCUT2D eigenvalue weighted by Gasteiger charge is 2.47. The van der Waals surface area contributed by atoms with Gasteiger partial charge in [-0.15, -0.1) is 0 Å². The van der Waals surface area contributed by atoms with Crippen molar-refractivity contribution in [2.24, 2.45) is 11.8 Å². The number of carbonyl (C=O) groups is 2. The molecule has 0 aromatic rings. The number of carbonyl (C=O) groups excluding carboxylic acids is 2. The molecule has 3 rings (SSSR count). The summed E-state index contributed by atoms with van der Waals surface area (Å²) in [4.78, 5) is 24.3. The summed E-state index contributed by atoms with van der Waals surface area (Å²) < 4.78 is 6.07. The average Bonchev–Trinajstić information content (AvgIpc) is 2.35. The molecule has 0 bridgehead atoms. The van der Waals surface area contributed by atoms with Crippen molar-refractivity contribution in [2.75, 3.05) is 0 Å². The predicted molar refractivity (Wildman–Crippen MR) is 66.9 cm³/mol. The summed E-state index contributed by atoms with van der Waals surface area (Å²) in [5, 5.41) is 0. The second-order valence-electron chi connectivity index (χ2n) is 6.40. The third kappa shape index (κ3) is 1.72. The second kappa shape index (κ2) is 3.94. The van der Waals surface area contributed by atoms with Crippen LogP contribution in [0.25, 0.3) is 0 Å². The van der Waals surface area contributed by atoms with E-state index in [-0.39, 0.29) is 29.0 Å². The molecule has 0 saturated heterocycles. The zero-order valence-corrected chi connectivity index (χ0v) is 11.1. The van der Waals surface area contributed by atoms with Crippen LogP contribution in [0.4, 0.5) is 0 Å². The van der Waals surface area contributed by atoms with Gasteiger partial charge in [0.1, 0.15) is 11.4 Å². The molecule has 2 aliphatic carbocycles. The largest absolute Gasteiger partial charge is 0.491 e. The third-order valence-corrected chi connectivity index (χ3v) is 4.60. The highest BCUT2D eigenvalue weighted by Crippen LogP contribution is 2.46. The Morgan fingerprint density at radius 2 is 1.78 bits per heavy atom. The topological polar surface area (TPSA) is 43.4 Å². The minimum absolute atomic E-state index is 0.0982. The Balaban J connectivity index is 2.03. The van der Waals surface area contributed by atoms with Gasteiger partial charge < -0.3 is 4.74 Å². The van der Waals surface area contributed by atoms with Crippen molar-refractivity contribution < 1.29 is 14.3 Å². The molecule has 0 aromatic heterocycles. The summed E-state index contributed by atoms with van der Waals surface area (Å²) in [7, 11) is 0. The lowest BCUT2D eigenvalue weighted by atomic mass is 9.68. The Morgan fingerprint density at radius 3 is 2.50 bits per heavy atom. The molecular weight excluding hydrogens is 228 g/mol. The highest BCUT2D eigenvalue weighted by molar-refractivity contribution is 6.45. The van der Waals surface area contributed by atoms with Crippen LogP contribution in [-0.2, 0) is 14.3 Å². The summed E-state index contributed by atoms with van der Waals surface area (Å²) in [6.07, 6.45) is 5.59. The Kier molecular flexibility index (Phi) is 2.61. The molecule has 1 fully saturated rings. The number of ether oxygens (including phenoxy) is 1. The van der Waals surface area contributed by atoms with Crippen molar-refractivity contribution in [1.82, 2.24) is 0 Å². The van der Waals surface area contributed by atoms with Crippen molar-refractivity contribution in [3.05, 3.63) is 11.3 Å². The van der Waals surface area contributed by atoms with Crippen molar-refractivity contribution in [2.45, 2.75) is 58.0 Å². The summed E-state index contributed by atoms with van der Waals surface area (Å²) in [5.41, 5.74) is 0.490. The number of Topliss-reactive ketones (excluding diaryl/α,β-unsaturated/α-hetero) is 2. The molecule has 1 saturated carbocycles. The Morgan fingerprint density at radius 1 is 1.11 bits per heavy atom. The third-order valence-electron chi connectivity index (χ3n) is 4.60. The quantitative estimate of drug-likeness (QED) is 0.619. The van der Waals surface area contributed by atoms with E-state index in [2.05, 4.69) is 13.8 Å². The van der Waals surface area contributed by atoms with Crippen molar-refractivity contribution in [1.29, 1.82) is 0 Å². The molecule has 3 aliphatic rings. The fraction of sp³-hybridized carbons (Fsp3) is 0.733. The molecule has 98 valence electrons. The first-order chi connectivity index (χ1) is 8.49. The van der Waals surface area contributed by atoms with Crippen LogP contribution in [0.15, 0.2) is 11.3 Å². The maximum absolute atomic E-state index is 12.1. The molecule has 0 aromatic carbocycles. The monoisotopic (exact) mass is 248 g/mol. The SMILES string of the molecule is CC1(C)CCC2=C(O1)C1CCCCC1C(=O)C2=O. The van der Waals surface area contributed by atoms with Crippen LogP contribution >= 0.6 is 0 Å². The van der Waals surface area contributed by atoms with E-state index >= 15 is 0 Å². The first-order valence-corrected chi connectivity index (χ1v) is 7.00. The van der Waals surface area contributed by atoms with Gasteiger partial charge in [0.2, 0.25) is 11.6 Å². The van der Waals surface area contributed by atoms with E-state index in [0.717, 1.165) is 37.9 Å². The Bertz CT molecular complexity index is 445. The van der Waals surface area contributed by atoms with Gasteiger partial charge in [-0.25, -0.2) is 0 Å². The molecule has 2 unspecified atom stereocenters. The van der Waals surface area contributed by atoms with Crippen molar-refractivity contribution >= 4 is 11.6 Å². The van der Waals surface area contributed by atoms with E-state index in [0.29, 0.717) is 12.0 Å². The molecule has 1 aliphatic heterocycles. The highest BCUT2D eigenvalue weighted by atomic mass is 16.5. The number of allylic oxidation sites excluding steroid dienone is 2. The molecule has 0 radical (unpaired) electrons. The lowest BCUT2D eigenvalue weighted by Crippen LogP contribution is -2.44. The van der Waals surface area contributed by atoms with Crippen LogP contribution in [0.1, 0.15) is 52.4 Å². The van der Waals surface area contributed by atoms with Crippen LogP contribution < -0.4 is 0 Å². The molecule has 18 heavy (non-hydrogen) atoms. The van der Waals surface area contributed by atoms with E-state index in [1.807, 2.05) is 0 Å². The van der Waals surface area contributed by atoms with Gasteiger partial charge in [0.15, 0.2) is 0 Å². The minimum Gasteiger partial charge on any atom is -0.491 e. The van der Waals surface area contributed by atoms with Gasteiger partial charge in [-0.1, -0.05) is 12.8 Å². The van der Waals surface area contributed by atoms with Gasteiger partial charge in [-0.3, -0.25) is 9.59 Å². The first-order valence-electron chi connectivity index (χ1n) is 7.00. The average molecular weight is 248 g/mol. The first kappa shape index (κ1) is 11.9. The Labute approximate surface area is 108 Å². The summed E-state index contributed by atoms with van der Waals surface area (Å²) in [5.74, 6) is 0.531. The molecule has 0 amide bonds. The van der Waals surface area contributed by atoms with E-state index in [9.17, 15) is 9.59 Å². The zero-order chi connectivity index (χ0) is 12.9. The van der Waals surface area contributed by atoms with Gasteiger partial charge in [-0.2, -0.15) is 0 Å². The van der Waals surface area contributed by atoms with Crippen LogP contribution in [0.3, 0.4) is 0 Å². The smallest absolute Gasteiger partial charge is 0.228 e. The Hall–Kier alpha value is -1.12. The lowest BCUT2D eigenvalue weighted by molar-refractivity contribution is -0.142. The number of fused-ring (bicyclic) bond motifs is 2. The maximum Gasteiger partial charge on any atom is 0.228 e. The number of rotatable bonds is 0. The number of hydrogen-bond acceptors (Lipinski definition) is 3. The van der Waals surface area contributed by atoms with E-state index < -0.39 is 0 Å². The summed E-state index contributed by atoms with van der Waals surface area (Å²) in [6.45, 7) is 4.13. The van der Waals surface area contributed by atoms with E-state index in [4.69, 9.17) is 4.74 Å². The van der Waals surface area contributed by atoms with Gasteiger partial charge >= 0.3 is 0 Å². The molecule has 0 N–H and O–H groups in total. The second-order valence-corrected chi connectivity index (χ2v) is 6.40. The summed E-state index contributed by atoms with van der Waals surface area (Å²) in [6, 6.07) is 0. The van der Waals surface area contributed by atoms with Gasteiger partial charge in [0.25, 0.3) is 0 Å². The van der Waals surface area contributed by atoms with Gasteiger partial charge in [-0.05, 0) is 39.5 Å². The van der Waals surface area contributed by atoms with Gasteiger partial charge in [0, 0.05) is 17.4 Å². The fourth-order valence-electron chi connectivity index (χ4n) is 3.56. The standard InChI is InChI=1S/C15H20O3/c1-15(2)8-7-11-13(17)12(16)9-5-3-4-6-10(9)14(11)18-15/h9-10H,3-8H2,1-2H3. The molecule has 1 heterocycles. The normalized spacial score (nSPS) is 34.8. The van der Waals surface area contributed by atoms with E-state index in [1.165, 1.54) is 0 Å². The molecule has 3 nitrogen and oxygen atoms in total. The molecule has 3 heteroatoms. The lowest BCUT2D eigenvalue weighted by Gasteiger charge is -2.43. The number of ketones is 2.